The Hall–Kier alpha value is -4.26. The zero-order valence-electron chi connectivity index (χ0n) is 15.7. The number of pyridine rings is 1. The summed E-state index contributed by atoms with van der Waals surface area (Å²) in [4.78, 5) is 47.4. The van der Waals surface area contributed by atoms with Gasteiger partial charge in [-0.25, -0.2) is 4.79 Å². The largest absolute Gasteiger partial charge is 0.380 e. The first-order chi connectivity index (χ1) is 14.6. The Kier molecular flexibility index (Phi) is 4.14. The molecule has 0 radical (unpaired) electrons. The molecular formula is C23H15N3O4. The molecule has 4 aromatic rings. The van der Waals surface area contributed by atoms with Gasteiger partial charge in [-0.2, -0.15) is 0 Å². The number of hydrogen-bond acceptors (Lipinski definition) is 5. The average Bonchev–Trinajstić information content (AvgIpc) is 3.26. The fraction of sp³-hybridized carbons (Fsp3) is 0.0435. The lowest BCUT2D eigenvalue weighted by molar-refractivity contribution is -0.0590. The van der Waals surface area contributed by atoms with Crippen LogP contribution in [0.25, 0.3) is 10.9 Å². The molecule has 2 amide bonds. The van der Waals surface area contributed by atoms with Gasteiger partial charge in [0.1, 0.15) is 5.69 Å². The molecular weight excluding hydrogens is 382 g/mol. The lowest BCUT2D eigenvalue weighted by atomic mass is 10.1. The quantitative estimate of drug-likeness (QED) is 0.493. The van der Waals surface area contributed by atoms with Crippen LogP contribution in [0.5, 0.6) is 0 Å². The Morgan fingerprint density at radius 1 is 0.867 bits per heavy atom. The van der Waals surface area contributed by atoms with Crippen LogP contribution in [0.1, 0.15) is 36.8 Å². The van der Waals surface area contributed by atoms with Crippen molar-refractivity contribution in [1.82, 2.24) is 14.6 Å². The summed E-state index contributed by atoms with van der Waals surface area (Å²) in [5.74, 6) is -2.09. The van der Waals surface area contributed by atoms with Gasteiger partial charge >= 0.3 is 5.97 Å². The van der Waals surface area contributed by atoms with Gasteiger partial charge in [-0.05, 0) is 42.0 Å². The predicted molar refractivity (Wildman–Crippen MR) is 108 cm³/mol. The molecule has 1 aliphatic rings. The normalized spacial score (nSPS) is 13.0. The first-order valence-electron chi connectivity index (χ1n) is 9.31. The van der Waals surface area contributed by atoms with E-state index in [0.29, 0.717) is 11.6 Å². The van der Waals surface area contributed by atoms with E-state index in [1.165, 1.54) is 12.1 Å². The third-order valence-electron chi connectivity index (χ3n) is 5.04. The maximum absolute atomic E-state index is 13.0. The molecule has 7 heteroatoms. The Morgan fingerprint density at radius 3 is 2.20 bits per heavy atom. The van der Waals surface area contributed by atoms with Crippen molar-refractivity contribution < 1.29 is 19.2 Å². The number of hydrogen-bond donors (Lipinski definition) is 0. The maximum atomic E-state index is 13.0. The van der Waals surface area contributed by atoms with Crippen LogP contribution in [0.4, 0.5) is 0 Å². The van der Waals surface area contributed by atoms with E-state index < -0.39 is 17.8 Å². The predicted octanol–water partition coefficient (Wildman–Crippen LogP) is 3.45. The van der Waals surface area contributed by atoms with E-state index in [0.717, 1.165) is 16.5 Å². The molecule has 3 heterocycles. The molecule has 1 aliphatic heterocycles. The van der Waals surface area contributed by atoms with Crippen LogP contribution >= 0.6 is 0 Å². The highest BCUT2D eigenvalue weighted by atomic mass is 16.7. The standard InChI is InChI=1S/C23H15N3O4/c27-21-17-6-2-3-7-18(17)22(28)26(21)30-23(29)20-13-16-5-1-4-8-19(16)25(20)14-15-9-11-24-12-10-15/h1-13H,14H2. The molecule has 0 unspecified atom stereocenters. The number of hydroxylamine groups is 2. The summed E-state index contributed by atoms with van der Waals surface area (Å²) in [7, 11) is 0. The number of nitrogens with zero attached hydrogens (tertiary/aromatic N) is 3. The van der Waals surface area contributed by atoms with Gasteiger partial charge in [-0.3, -0.25) is 14.6 Å². The molecule has 2 aromatic heterocycles. The summed E-state index contributed by atoms with van der Waals surface area (Å²) in [6.45, 7) is 0.405. The number of fused-ring (bicyclic) bond motifs is 2. The third-order valence-corrected chi connectivity index (χ3v) is 5.04. The minimum Gasteiger partial charge on any atom is -0.330 e. The first kappa shape index (κ1) is 17.8. The second kappa shape index (κ2) is 6.97. The zero-order valence-corrected chi connectivity index (χ0v) is 15.7. The number of aromatic nitrogens is 2. The van der Waals surface area contributed by atoms with Crippen molar-refractivity contribution in [3.8, 4) is 0 Å². The van der Waals surface area contributed by atoms with Crippen LogP contribution in [0.2, 0.25) is 0 Å². The van der Waals surface area contributed by atoms with Crippen molar-refractivity contribution in [3.05, 3.63) is 102 Å². The summed E-state index contributed by atoms with van der Waals surface area (Å²) in [5.41, 5.74) is 2.45. The van der Waals surface area contributed by atoms with Gasteiger partial charge in [0, 0.05) is 29.8 Å². The lowest BCUT2D eigenvalue weighted by Gasteiger charge is -2.14. The number of carbonyl (C=O) groups is 3. The highest BCUT2D eigenvalue weighted by Gasteiger charge is 2.39. The number of para-hydroxylation sites is 1. The highest BCUT2D eigenvalue weighted by Crippen LogP contribution is 2.26. The van der Waals surface area contributed by atoms with E-state index in [2.05, 4.69) is 4.98 Å². The second-order valence-corrected chi connectivity index (χ2v) is 6.86. The minimum atomic E-state index is -0.783. The van der Waals surface area contributed by atoms with Crippen LogP contribution in [0, 0.1) is 0 Å². The van der Waals surface area contributed by atoms with Crippen LogP contribution in [0.15, 0.2) is 79.1 Å². The van der Waals surface area contributed by atoms with Gasteiger partial charge in [0.2, 0.25) is 0 Å². The minimum absolute atomic E-state index is 0.215. The zero-order chi connectivity index (χ0) is 20.7. The van der Waals surface area contributed by atoms with Crippen molar-refractivity contribution in [2.45, 2.75) is 6.54 Å². The van der Waals surface area contributed by atoms with E-state index in [-0.39, 0.29) is 16.8 Å². The summed E-state index contributed by atoms with van der Waals surface area (Å²) < 4.78 is 1.80. The van der Waals surface area contributed by atoms with Gasteiger partial charge in [-0.15, -0.1) is 0 Å². The van der Waals surface area contributed by atoms with Crippen LogP contribution < -0.4 is 0 Å². The SMILES string of the molecule is O=C(ON1C(=O)c2ccccc2C1=O)c1cc2ccccc2n1Cc1ccncc1. The van der Waals surface area contributed by atoms with Crippen molar-refractivity contribution in [2.75, 3.05) is 0 Å². The Labute approximate surface area is 171 Å². The van der Waals surface area contributed by atoms with Crippen molar-refractivity contribution in [3.63, 3.8) is 0 Å². The number of benzene rings is 2. The molecule has 5 rings (SSSR count). The van der Waals surface area contributed by atoms with Gasteiger partial charge in [0.05, 0.1) is 11.1 Å². The highest BCUT2D eigenvalue weighted by molar-refractivity contribution is 6.21. The number of amides is 2. The molecule has 0 atom stereocenters. The number of rotatable bonds is 4. The smallest absolute Gasteiger partial charge is 0.330 e. The molecule has 0 bridgehead atoms. The Morgan fingerprint density at radius 2 is 1.50 bits per heavy atom. The molecule has 0 fully saturated rings. The molecule has 146 valence electrons. The molecule has 0 spiro atoms. The average molecular weight is 397 g/mol. The summed E-state index contributed by atoms with van der Waals surface area (Å²) in [6.07, 6.45) is 3.36. The summed E-state index contributed by atoms with van der Waals surface area (Å²) in [5, 5.41) is 1.38. The van der Waals surface area contributed by atoms with Crippen molar-refractivity contribution in [1.29, 1.82) is 0 Å². The molecule has 7 nitrogen and oxygen atoms in total. The molecule has 30 heavy (non-hydrogen) atoms. The van der Waals surface area contributed by atoms with Crippen LogP contribution in [0.3, 0.4) is 0 Å². The first-order valence-corrected chi connectivity index (χ1v) is 9.31. The van der Waals surface area contributed by atoms with Crippen LogP contribution in [-0.4, -0.2) is 32.4 Å². The molecule has 0 aliphatic carbocycles. The van der Waals surface area contributed by atoms with Gasteiger partial charge in [0.15, 0.2) is 0 Å². The van der Waals surface area contributed by atoms with Gasteiger partial charge < -0.3 is 9.40 Å². The monoisotopic (exact) mass is 397 g/mol. The molecule has 0 saturated carbocycles. The van der Waals surface area contributed by atoms with E-state index in [1.807, 2.05) is 36.4 Å². The van der Waals surface area contributed by atoms with E-state index in [4.69, 9.17) is 4.84 Å². The van der Waals surface area contributed by atoms with Crippen molar-refractivity contribution >= 4 is 28.7 Å². The Balaban J connectivity index is 1.50. The van der Waals surface area contributed by atoms with Gasteiger partial charge in [-0.1, -0.05) is 35.4 Å². The van der Waals surface area contributed by atoms with E-state index in [1.54, 1.807) is 35.2 Å². The maximum Gasteiger partial charge on any atom is 0.380 e. The topological polar surface area (TPSA) is 81.5 Å². The molecule has 2 aromatic carbocycles. The van der Waals surface area contributed by atoms with Crippen molar-refractivity contribution in [2.24, 2.45) is 0 Å². The lowest BCUT2D eigenvalue weighted by Crippen LogP contribution is -2.33. The fourth-order valence-corrected chi connectivity index (χ4v) is 3.60. The molecule has 0 N–H and O–H groups in total. The second-order valence-electron chi connectivity index (χ2n) is 6.86. The van der Waals surface area contributed by atoms with E-state index in [9.17, 15) is 14.4 Å². The number of imide groups is 1. The molecule has 0 saturated heterocycles. The van der Waals surface area contributed by atoms with E-state index >= 15 is 0 Å². The Bertz CT molecular complexity index is 1280. The van der Waals surface area contributed by atoms with Gasteiger partial charge in [0.25, 0.3) is 11.8 Å². The summed E-state index contributed by atoms with van der Waals surface area (Å²) >= 11 is 0. The fourth-order valence-electron chi connectivity index (χ4n) is 3.60. The third kappa shape index (κ3) is 2.84. The number of carbonyl (C=O) groups excluding carboxylic acids is 3. The van der Waals surface area contributed by atoms with Crippen LogP contribution in [-0.2, 0) is 11.4 Å². The summed E-state index contributed by atoms with van der Waals surface area (Å²) in [6, 6.07) is 19.3.